The summed E-state index contributed by atoms with van der Waals surface area (Å²) in [6.07, 6.45) is 1.97. The minimum absolute atomic E-state index is 0.0420. The Kier molecular flexibility index (Phi) is 9.00. The van der Waals surface area contributed by atoms with Gasteiger partial charge in [-0.15, -0.1) is 0 Å². The van der Waals surface area contributed by atoms with Gasteiger partial charge in [0.15, 0.2) is 11.8 Å². The number of benzene rings is 1. The van der Waals surface area contributed by atoms with E-state index in [0.717, 1.165) is 12.8 Å². The average molecular weight is 471 g/mol. The third-order valence-electron chi connectivity index (χ3n) is 4.79. The second kappa shape index (κ2) is 11.2. The number of aromatic amines is 1. The maximum Gasteiger partial charge on any atom is 0.330 e. The zero-order valence-corrected chi connectivity index (χ0v) is 19.4. The Hall–Kier alpha value is -2.45. The van der Waals surface area contributed by atoms with Gasteiger partial charge in [-0.25, -0.2) is 4.79 Å². The molecule has 3 N–H and O–H groups in total. The summed E-state index contributed by atoms with van der Waals surface area (Å²) in [4.78, 5) is 41.7. The lowest BCUT2D eigenvalue weighted by Crippen LogP contribution is -2.46. The molecule has 0 fully saturated rings. The van der Waals surface area contributed by atoms with Gasteiger partial charge < -0.3 is 15.4 Å². The lowest BCUT2D eigenvalue weighted by molar-refractivity contribution is -0.124. The number of nitrogen functional groups attached to an aromatic ring is 1. The molecule has 0 radical (unpaired) electrons. The maximum absolute atomic E-state index is 13.3. The highest BCUT2D eigenvalue weighted by Crippen LogP contribution is 2.32. The van der Waals surface area contributed by atoms with E-state index in [-0.39, 0.29) is 28.8 Å². The van der Waals surface area contributed by atoms with Crippen molar-refractivity contribution < 1.29 is 9.53 Å². The van der Waals surface area contributed by atoms with Crippen molar-refractivity contribution in [3.8, 4) is 5.75 Å². The largest absolute Gasteiger partial charge is 0.479 e. The minimum atomic E-state index is -0.984. The molecule has 1 aromatic carbocycles. The predicted octanol–water partition coefficient (Wildman–Crippen LogP) is 3.83. The van der Waals surface area contributed by atoms with Gasteiger partial charge in [0.05, 0.1) is 5.02 Å². The maximum atomic E-state index is 13.3. The van der Waals surface area contributed by atoms with Gasteiger partial charge in [-0.1, -0.05) is 56.0 Å². The Balaban J connectivity index is 2.45. The quantitative estimate of drug-likeness (QED) is 0.547. The summed E-state index contributed by atoms with van der Waals surface area (Å²) in [5, 5.41) is 0.486. The van der Waals surface area contributed by atoms with Crippen LogP contribution in [0.1, 0.15) is 46.5 Å². The van der Waals surface area contributed by atoms with Gasteiger partial charge in [0, 0.05) is 13.1 Å². The number of carbonyl (C=O) groups is 1. The standard InChI is InChI=1S/C21H28Cl2N4O4/c1-4-6-11-26(17-18(24)27(12-7-5-2)21(30)25-19(17)28)20(29)13(3)31-15-10-8-9-14(22)16(15)23/h8-10,13H,4-7,11-12,24H2,1-3H3,(H,25,28,30). The summed E-state index contributed by atoms with van der Waals surface area (Å²) in [6, 6.07) is 4.86. The van der Waals surface area contributed by atoms with Crippen LogP contribution < -0.4 is 26.6 Å². The Morgan fingerprint density at radius 1 is 1.23 bits per heavy atom. The van der Waals surface area contributed by atoms with E-state index >= 15 is 0 Å². The summed E-state index contributed by atoms with van der Waals surface area (Å²) in [5.74, 6) is -0.276. The van der Waals surface area contributed by atoms with Crippen molar-refractivity contribution >= 4 is 40.6 Å². The highest BCUT2D eigenvalue weighted by molar-refractivity contribution is 6.42. The normalized spacial score (nSPS) is 11.9. The Labute approximate surface area is 190 Å². The molecule has 2 rings (SSSR count). The van der Waals surface area contributed by atoms with Crippen LogP contribution in [0.4, 0.5) is 11.5 Å². The zero-order chi connectivity index (χ0) is 23.1. The molecule has 0 bridgehead atoms. The van der Waals surface area contributed by atoms with Crippen LogP contribution in [0.3, 0.4) is 0 Å². The molecule has 0 aliphatic carbocycles. The number of hydrogen-bond donors (Lipinski definition) is 2. The van der Waals surface area contributed by atoms with E-state index < -0.39 is 23.3 Å². The SMILES string of the molecule is CCCCN(C(=O)C(C)Oc1cccc(Cl)c1Cl)c1c(N)n(CCCC)c(=O)[nH]c1=O. The van der Waals surface area contributed by atoms with Crippen LogP contribution in [0.25, 0.3) is 0 Å². The third-order valence-corrected chi connectivity index (χ3v) is 5.59. The number of hydrogen-bond acceptors (Lipinski definition) is 5. The first kappa shape index (κ1) is 24.8. The van der Waals surface area contributed by atoms with Gasteiger partial charge in [-0.2, -0.15) is 0 Å². The predicted molar refractivity (Wildman–Crippen MR) is 124 cm³/mol. The summed E-state index contributed by atoms with van der Waals surface area (Å²) in [6.45, 7) is 6.07. The summed E-state index contributed by atoms with van der Waals surface area (Å²) in [5.41, 5.74) is 4.83. The van der Waals surface area contributed by atoms with Gasteiger partial charge in [-0.3, -0.25) is 19.1 Å². The van der Waals surface area contributed by atoms with Crippen molar-refractivity contribution in [3.05, 3.63) is 49.1 Å². The molecule has 2 aromatic rings. The number of H-pyrrole nitrogens is 1. The van der Waals surface area contributed by atoms with Crippen molar-refractivity contribution in [1.82, 2.24) is 9.55 Å². The number of rotatable bonds is 10. The number of halogens is 2. The van der Waals surface area contributed by atoms with E-state index in [4.69, 9.17) is 33.7 Å². The first-order valence-corrected chi connectivity index (χ1v) is 11.0. The van der Waals surface area contributed by atoms with Crippen molar-refractivity contribution in [3.63, 3.8) is 0 Å². The van der Waals surface area contributed by atoms with Crippen LogP contribution in [0.5, 0.6) is 5.75 Å². The Morgan fingerprint density at radius 3 is 2.55 bits per heavy atom. The molecule has 0 saturated carbocycles. The molecule has 0 aliphatic heterocycles. The van der Waals surface area contributed by atoms with Crippen molar-refractivity contribution in [1.29, 1.82) is 0 Å². The molecule has 170 valence electrons. The van der Waals surface area contributed by atoms with Crippen LogP contribution in [-0.2, 0) is 11.3 Å². The molecule has 1 atom stereocenters. The highest BCUT2D eigenvalue weighted by atomic mass is 35.5. The second-order valence-corrected chi connectivity index (χ2v) is 7.94. The van der Waals surface area contributed by atoms with Crippen LogP contribution in [0.15, 0.2) is 27.8 Å². The number of unbranched alkanes of at least 4 members (excludes halogenated alkanes) is 2. The molecular formula is C21H28Cl2N4O4. The van der Waals surface area contributed by atoms with Gasteiger partial charge in [0.1, 0.15) is 16.6 Å². The topological polar surface area (TPSA) is 110 Å². The van der Waals surface area contributed by atoms with Gasteiger partial charge >= 0.3 is 5.69 Å². The molecule has 10 heteroatoms. The fourth-order valence-corrected chi connectivity index (χ4v) is 3.40. The monoisotopic (exact) mass is 470 g/mol. The fraction of sp³-hybridized carbons (Fsp3) is 0.476. The van der Waals surface area contributed by atoms with E-state index in [2.05, 4.69) is 4.98 Å². The summed E-state index contributed by atoms with van der Waals surface area (Å²) < 4.78 is 7.02. The van der Waals surface area contributed by atoms with Crippen molar-refractivity contribution in [2.24, 2.45) is 0 Å². The number of nitrogens with zero attached hydrogens (tertiary/aromatic N) is 2. The number of amides is 1. The van der Waals surface area contributed by atoms with Crippen LogP contribution in [0.2, 0.25) is 10.0 Å². The number of nitrogens with one attached hydrogen (secondary N) is 1. The number of anilines is 2. The molecule has 1 heterocycles. The Bertz CT molecular complexity index is 1040. The van der Waals surface area contributed by atoms with E-state index in [0.29, 0.717) is 24.4 Å². The highest BCUT2D eigenvalue weighted by Gasteiger charge is 2.29. The molecule has 0 aliphatic rings. The smallest absolute Gasteiger partial charge is 0.330 e. The van der Waals surface area contributed by atoms with E-state index in [9.17, 15) is 14.4 Å². The van der Waals surface area contributed by atoms with Gasteiger partial charge in [0.2, 0.25) is 0 Å². The second-order valence-electron chi connectivity index (χ2n) is 7.15. The molecule has 0 saturated heterocycles. The van der Waals surface area contributed by atoms with Crippen LogP contribution in [-0.4, -0.2) is 28.1 Å². The first-order valence-electron chi connectivity index (χ1n) is 10.3. The molecule has 1 aromatic heterocycles. The molecule has 0 spiro atoms. The molecule has 8 nitrogen and oxygen atoms in total. The Morgan fingerprint density at radius 2 is 1.90 bits per heavy atom. The summed E-state index contributed by atoms with van der Waals surface area (Å²) >= 11 is 12.2. The minimum Gasteiger partial charge on any atom is -0.479 e. The molecule has 1 unspecified atom stereocenters. The number of aromatic nitrogens is 2. The molecular weight excluding hydrogens is 443 g/mol. The molecule has 31 heavy (non-hydrogen) atoms. The van der Waals surface area contributed by atoms with E-state index in [1.54, 1.807) is 25.1 Å². The molecule has 1 amide bonds. The van der Waals surface area contributed by atoms with Crippen molar-refractivity contribution in [2.75, 3.05) is 17.2 Å². The van der Waals surface area contributed by atoms with Crippen LogP contribution in [0, 0.1) is 0 Å². The van der Waals surface area contributed by atoms with Crippen LogP contribution >= 0.6 is 23.2 Å². The first-order chi connectivity index (χ1) is 14.7. The fourth-order valence-electron chi connectivity index (χ4n) is 3.06. The third kappa shape index (κ3) is 5.83. The lowest BCUT2D eigenvalue weighted by atomic mass is 10.2. The van der Waals surface area contributed by atoms with Gasteiger partial charge in [0.25, 0.3) is 11.5 Å². The number of ether oxygens (including phenoxy) is 1. The lowest BCUT2D eigenvalue weighted by Gasteiger charge is -2.27. The zero-order valence-electron chi connectivity index (χ0n) is 17.9. The van der Waals surface area contributed by atoms with E-state index in [1.807, 2.05) is 13.8 Å². The van der Waals surface area contributed by atoms with Gasteiger partial charge in [-0.05, 0) is 31.9 Å². The number of carbonyl (C=O) groups excluding carboxylic acids is 1. The van der Waals surface area contributed by atoms with Crippen molar-refractivity contribution in [2.45, 2.75) is 59.1 Å². The summed E-state index contributed by atoms with van der Waals surface area (Å²) in [7, 11) is 0. The number of nitrogens with two attached hydrogens (primary N) is 1. The average Bonchev–Trinajstić information content (AvgIpc) is 2.72. The van der Waals surface area contributed by atoms with E-state index in [1.165, 1.54) is 9.47 Å².